The number of hydrogen-bond acceptors (Lipinski definition) is 2. The Kier molecular flexibility index (Phi) is 3.88. The van der Waals surface area contributed by atoms with Gasteiger partial charge in [-0.05, 0) is 35.9 Å². The molecule has 0 unspecified atom stereocenters. The maximum atomic E-state index is 12.7. The quantitative estimate of drug-likeness (QED) is 0.778. The van der Waals surface area contributed by atoms with Crippen molar-refractivity contribution in [1.82, 2.24) is 4.98 Å². The van der Waals surface area contributed by atoms with Crippen LogP contribution in [0.25, 0.3) is 10.8 Å². The summed E-state index contributed by atoms with van der Waals surface area (Å²) in [5.74, 6) is -0.166. The SMILES string of the molecule is CCc1cccc(C)c1NC(=O)c1nccc2ccccc12. The third-order valence-corrected chi connectivity index (χ3v) is 3.87. The zero-order valence-electron chi connectivity index (χ0n) is 12.8. The molecule has 0 aliphatic carbocycles. The molecule has 1 heterocycles. The van der Waals surface area contributed by atoms with Crippen LogP contribution in [0.5, 0.6) is 0 Å². The highest BCUT2D eigenvalue weighted by atomic mass is 16.1. The molecule has 0 saturated heterocycles. The molecule has 0 fully saturated rings. The first-order valence-corrected chi connectivity index (χ1v) is 7.44. The number of hydrogen-bond donors (Lipinski definition) is 1. The van der Waals surface area contributed by atoms with Gasteiger partial charge in [-0.15, -0.1) is 0 Å². The Balaban J connectivity index is 2.01. The fourth-order valence-electron chi connectivity index (χ4n) is 2.68. The molecule has 3 aromatic rings. The lowest BCUT2D eigenvalue weighted by Gasteiger charge is -2.13. The van der Waals surface area contributed by atoms with Crippen molar-refractivity contribution in [3.63, 3.8) is 0 Å². The topological polar surface area (TPSA) is 42.0 Å². The Hall–Kier alpha value is -2.68. The van der Waals surface area contributed by atoms with Crippen molar-refractivity contribution in [3.05, 3.63) is 71.5 Å². The molecule has 1 aromatic heterocycles. The lowest BCUT2D eigenvalue weighted by molar-refractivity contribution is 0.102. The van der Waals surface area contributed by atoms with Gasteiger partial charge in [0.15, 0.2) is 0 Å². The summed E-state index contributed by atoms with van der Waals surface area (Å²) < 4.78 is 0. The minimum absolute atomic E-state index is 0.166. The minimum atomic E-state index is -0.166. The fraction of sp³-hybridized carbons (Fsp3) is 0.158. The van der Waals surface area contributed by atoms with Crippen molar-refractivity contribution in [2.24, 2.45) is 0 Å². The second-order valence-electron chi connectivity index (χ2n) is 5.30. The van der Waals surface area contributed by atoms with E-state index in [1.54, 1.807) is 6.20 Å². The number of para-hydroxylation sites is 1. The van der Waals surface area contributed by atoms with E-state index >= 15 is 0 Å². The van der Waals surface area contributed by atoms with Crippen LogP contribution < -0.4 is 5.32 Å². The van der Waals surface area contributed by atoms with Gasteiger partial charge >= 0.3 is 0 Å². The third kappa shape index (κ3) is 2.58. The van der Waals surface area contributed by atoms with Crippen LogP contribution in [0.1, 0.15) is 28.5 Å². The smallest absolute Gasteiger partial charge is 0.274 e. The van der Waals surface area contributed by atoms with E-state index in [-0.39, 0.29) is 5.91 Å². The predicted molar refractivity (Wildman–Crippen MR) is 90.3 cm³/mol. The zero-order valence-corrected chi connectivity index (χ0v) is 12.8. The number of nitrogens with zero attached hydrogens (tertiary/aromatic N) is 1. The molecule has 0 aliphatic heterocycles. The van der Waals surface area contributed by atoms with Gasteiger partial charge in [0.25, 0.3) is 5.91 Å². The molecule has 0 saturated carbocycles. The summed E-state index contributed by atoms with van der Waals surface area (Å²) in [6.45, 7) is 4.09. The lowest BCUT2D eigenvalue weighted by atomic mass is 10.0. The van der Waals surface area contributed by atoms with Gasteiger partial charge in [-0.3, -0.25) is 9.78 Å². The standard InChI is InChI=1S/C19H18N2O/c1-3-14-9-6-7-13(2)17(14)21-19(22)18-16-10-5-4-8-15(16)11-12-20-18/h4-12H,3H2,1-2H3,(H,21,22). The first-order valence-electron chi connectivity index (χ1n) is 7.44. The van der Waals surface area contributed by atoms with Crippen molar-refractivity contribution >= 4 is 22.4 Å². The Labute approximate surface area is 130 Å². The van der Waals surface area contributed by atoms with Crippen molar-refractivity contribution in [2.75, 3.05) is 5.32 Å². The first kappa shape index (κ1) is 14.3. The van der Waals surface area contributed by atoms with Crippen molar-refractivity contribution in [2.45, 2.75) is 20.3 Å². The molecule has 1 N–H and O–H groups in total. The molecule has 0 atom stereocenters. The number of amides is 1. The van der Waals surface area contributed by atoms with Gasteiger partial charge in [-0.25, -0.2) is 0 Å². The second-order valence-corrected chi connectivity index (χ2v) is 5.30. The van der Waals surface area contributed by atoms with E-state index in [9.17, 15) is 4.79 Å². The lowest BCUT2D eigenvalue weighted by Crippen LogP contribution is -2.16. The van der Waals surface area contributed by atoms with Gasteiger partial charge in [0.2, 0.25) is 0 Å². The molecule has 3 nitrogen and oxygen atoms in total. The zero-order chi connectivity index (χ0) is 15.5. The second kappa shape index (κ2) is 5.98. The molecule has 2 aromatic carbocycles. The van der Waals surface area contributed by atoms with Crippen LogP contribution in [0.4, 0.5) is 5.69 Å². The number of rotatable bonds is 3. The van der Waals surface area contributed by atoms with E-state index in [1.807, 2.05) is 55.5 Å². The van der Waals surface area contributed by atoms with E-state index in [1.165, 1.54) is 0 Å². The van der Waals surface area contributed by atoms with Gasteiger partial charge in [0.05, 0.1) is 0 Å². The number of benzene rings is 2. The molecule has 0 radical (unpaired) electrons. The van der Waals surface area contributed by atoms with Gasteiger partial charge in [0.1, 0.15) is 5.69 Å². The highest BCUT2D eigenvalue weighted by Crippen LogP contribution is 2.23. The van der Waals surface area contributed by atoms with Gasteiger partial charge < -0.3 is 5.32 Å². The summed E-state index contributed by atoms with van der Waals surface area (Å²) in [5.41, 5.74) is 3.55. The average molecular weight is 290 g/mol. The van der Waals surface area contributed by atoms with Crippen molar-refractivity contribution in [1.29, 1.82) is 0 Å². The number of carbonyl (C=O) groups is 1. The number of aryl methyl sites for hydroxylation is 2. The summed E-state index contributed by atoms with van der Waals surface area (Å²) in [7, 11) is 0. The Morgan fingerprint density at radius 1 is 1.09 bits per heavy atom. The average Bonchev–Trinajstić information content (AvgIpc) is 2.56. The molecule has 0 spiro atoms. The molecule has 110 valence electrons. The molecule has 1 amide bonds. The number of carbonyl (C=O) groups excluding carboxylic acids is 1. The van der Waals surface area contributed by atoms with Crippen LogP contribution in [0.3, 0.4) is 0 Å². The summed E-state index contributed by atoms with van der Waals surface area (Å²) in [5, 5.41) is 4.92. The molecular weight excluding hydrogens is 272 g/mol. The molecule has 0 bridgehead atoms. The summed E-state index contributed by atoms with van der Waals surface area (Å²) in [4.78, 5) is 17.0. The molecule has 3 rings (SSSR count). The highest BCUT2D eigenvalue weighted by Gasteiger charge is 2.14. The van der Waals surface area contributed by atoms with E-state index in [0.717, 1.165) is 34.0 Å². The fourth-order valence-corrected chi connectivity index (χ4v) is 2.68. The number of aromatic nitrogens is 1. The van der Waals surface area contributed by atoms with Crippen LogP contribution in [-0.4, -0.2) is 10.9 Å². The number of pyridine rings is 1. The molecule has 3 heteroatoms. The monoisotopic (exact) mass is 290 g/mol. The first-order chi connectivity index (χ1) is 10.7. The van der Waals surface area contributed by atoms with Crippen LogP contribution >= 0.6 is 0 Å². The Bertz CT molecular complexity index is 834. The minimum Gasteiger partial charge on any atom is -0.320 e. The van der Waals surface area contributed by atoms with Gasteiger partial charge in [-0.1, -0.05) is 49.4 Å². The summed E-state index contributed by atoms with van der Waals surface area (Å²) in [6.07, 6.45) is 2.55. The molecule has 0 aliphatic rings. The normalized spacial score (nSPS) is 10.6. The van der Waals surface area contributed by atoms with E-state index in [2.05, 4.69) is 17.2 Å². The van der Waals surface area contributed by atoms with E-state index in [0.29, 0.717) is 5.69 Å². The highest BCUT2D eigenvalue weighted by molar-refractivity contribution is 6.11. The number of anilines is 1. The summed E-state index contributed by atoms with van der Waals surface area (Å²) in [6, 6.07) is 15.8. The van der Waals surface area contributed by atoms with Gasteiger partial charge in [-0.2, -0.15) is 0 Å². The third-order valence-electron chi connectivity index (χ3n) is 3.87. The van der Waals surface area contributed by atoms with Crippen LogP contribution in [-0.2, 0) is 6.42 Å². The van der Waals surface area contributed by atoms with Gasteiger partial charge in [0, 0.05) is 17.3 Å². The van der Waals surface area contributed by atoms with Crippen LogP contribution in [0, 0.1) is 6.92 Å². The largest absolute Gasteiger partial charge is 0.320 e. The Morgan fingerprint density at radius 3 is 2.73 bits per heavy atom. The van der Waals surface area contributed by atoms with Crippen LogP contribution in [0.15, 0.2) is 54.7 Å². The molecular formula is C19H18N2O. The Morgan fingerprint density at radius 2 is 1.91 bits per heavy atom. The van der Waals surface area contributed by atoms with Crippen molar-refractivity contribution < 1.29 is 4.79 Å². The maximum Gasteiger partial charge on any atom is 0.274 e. The van der Waals surface area contributed by atoms with E-state index in [4.69, 9.17) is 0 Å². The number of fused-ring (bicyclic) bond motifs is 1. The van der Waals surface area contributed by atoms with Crippen LogP contribution in [0.2, 0.25) is 0 Å². The molecule has 22 heavy (non-hydrogen) atoms. The summed E-state index contributed by atoms with van der Waals surface area (Å²) >= 11 is 0. The maximum absolute atomic E-state index is 12.7. The van der Waals surface area contributed by atoms with E-state index < -0.39 is 0 Å². The predicted octanol–water partition coefficient (Wildman–Crippen LogP) is 4.36. The number of nitrogens with one attached hydrogen (secondary N) is 1. The van der Waals surface area contributed by atoms with Crippen molar-refractivity contribution in [3.8, 4) is 0 Å².